The van der Waals surface area contributed by atoms with Crippen LogP contribution in [-0.2, 0) is 11.2 Å². The molecule has 116 valence electrons. The van der Waals surface area contributed by atoms with Crippen molar-refractivity contribution in [3.63, 3.8) is 0 Å². The summed E-state index contributed by atoms with van der Waals surface area (Å²) in [4.78, 5) is 17.2. The number of anilines is 2. The lowest BCUT2D eigenvalue weighted by Gasteiger charge is -2.04. The predicted molar refractivity (Wildman–Crippen MR) is 95.7 cm³/mol. The maximum absolute atomic E-state index is 12.2. The number of nitrogens with two attached hydrogens (primary N) is 1. The molecule has 4 nitrogen and oxygen atoms in total. The number of hydrogen-bond acceptors (Lipinski definition) is 4. The van der Waals surface area contributed by atoms with Gasteiger partial charge in [-0.1, -0.05) is 23.7 Å². The van der Waals surface area contributed by atoms with Gasteiger partial charge < -0.3 is 11.1 Å². The zero-order valence-corrected chi connectivity index (χ0v) is 13.7. The van der Waals surface area contributed by atoms with E-state index in [9.17, 15) is 4.79 Å². The number of halogens is 1. The number of amides is 1. The fourth-order valence-electron chi connectivity index (χ4n) is 2.16. The van der Waals surface area contributed by atoms with Crippen LogP contribution in [0, 0.1) is 0 Å². The number of hydrogen-bond donors (Lipinski definition) is 2. The van der Waals surface area contributed by atoms with Crippen LogP contribution < -0.4 is 11.1 Å². The molecule has 0 bridgehead atoms. The van der Waals surface area contributed by atoms with Gasteiger partial charge in [-0.3, -0.25) is 9.78 Å². The van der Waals surface area contributed by atoms with Crippen LogP contribution in [0.2, 0.25) is 5.02 Å². The Hall–Kier alpha value is -2.37. The summed E-state index contributed by atoms with van der Waals surface area (Å²) in [6, 6.07) is 12.9. The molecular weight excluding hydrogens is 330 g/mol. The van der Waals surface area contributed by atoms with Gasteiger partial charge in [0.1, 0.15) is 5.00 Å². The monoisotopic (exact) mass is 343 g/mol. The fourth-order valence-corrected chi connectivity index (χ4v) is 3.38. The second-order valence-corrected chi connectivity index (χ2v) is 6.47. The van der Waals surface area contributed by atoms with Gasteiger partial charge in [0.25, 0.3) is 0 Å². The number of aromatic nitrogens is 1. The van der Waals surface area contributed by atoms with E-state index in [-0.39, 0.29) is 12.3 Å². The first kappa shape index (κ1) is 15.5. The van der Waals surface area contributed by atoms with Crippen molar-refractivity contribution >= 4 is 39.5 Å². The van der Waals surface area contributed by atoms with Crippen molar-refractivity contribution in [2.75, 3.05) is 11.1 Å². The van der Waals surface area contributed by atoms with E-state index >= 15 is 0 Å². The molecule has 23 heavy (non-hydrogen) atoms. The molecule has 0 radical (unpaired) electrons. The molecule has 0 aliphatic rings. The van der Waals surface area contributed by atoms with Crippen LogP contribution in [0.4, 0.5) is 10.7 Å². The minimum atomic E-state index is -0.123. The van der Waals surface area contributed by atoms with Crippen LogP contribution >= 0.6 is 22.9 Å². The number of carbonyl (C=O) groups is 1. The Labute approximate surface area is 142 Å². The first-order valence-electron chi connectivity index (χ1n) is 6.96. The quantitative estimate of drug-likeness (QED) is 0.745. The fraction of sp³-hybridized carbons (Fsp3) is 0.0588. The molecule has 0 saturated heterocycles. The number of nitrogens with zero attached hydrogens (tertiary/aromatic N) is 1. The van der Waals surface area contributed by atoms with E-state index < -0.39 is 0 Å². The lowest BCUT2D eigenvalue weighted by Crippen LogP contribution is -2.14. The van der Waals surface area contributed by atoms with Gasteiger partial charge >= 0.3 is 0 Å². The van der Waals surface area contributed by atoms with E-state index in [1.165, 1.54) is 11.3 Å². The van der Waals surface area contributed by atoms with Crippen LogP contribution in [-0.4, -0.2) is 10.9 Å². The lowest BCUT2D eigenvalue weighted by atomic mass is 10.1. The standard InChI is InChI=1S/C17H14ClN3OS/c18-13-3-1-2-11(8-13)9-16(22)21-17-14(19)10-15(23-17)12-4-6-20-7-5-12/h1-8,10H,9,19H2,(H,21,22). The van der Waals surface area contributed by atoms with Crippen molar-refractivity contribution in [3.8, 4) is 10.4 Å². The highest BCUT2D eigenvalue weighted by Crippen LogP contribution is 2.37. The molecule has 0 spiro atoms. The van der Waals surface area contributed by atoms with Crippen molar-refractivity contribution in [1.82, 2.24) is 4.98 Å². The van der Waals surface area contributed by atoms with E-state index in [0.29, 0.717) is 15.7 Å². The van der Waals surface area contributed by atoms with Gasteiger partial charge in [-0.15, -0.1) is 11.3 Å². The molecule has 2 heterocycles. The van der Waals surface area contributed by atoms with Crippen molar-refractivity contribution < 1.29 is 4.79 Å². The molecule has 0 aliphatic heterocycles. The molecular formula is C17H14ClN3OS. The van der Waals surface area contributed by atoms with Gasteiger partial charge in [-0.2, -0.15) is 0 Å². The van der Waals surface area contributed by atoms with Crippen molar-refractivity contribution in [2.24, 2.45) is 0 Å². The Balaban J connectivity index is 1.73. The van der Waals surface area contributed by atoms with Crippen LogP contribution in [0.25, 0.3) is 10.4 Å². The molecule has 3 N–H and O–H groups in total. The highest BCUT2D eigenvalue weighted by Gasteiger charge is 2.11. The van der Waals surface area contributed by atoms with Crippen LogP contribution in [0.1, 0.15) is 5.56 Å². The smallest absolute Gasteiger partial charge is 0.229 e. The van der Waals surface area contributed by atoms with E-state index in [4.69, 9.17) is 17.3 Å². The number of nitrogen functional groups attached to an aromatic ring is 1. The first-order valence-corrected chi connectivity index (χ1v) is 8.15. The Kier molecular flexibility index (Phi) is 4.60. The Morgan fingerprint density at radius 3 is 2.74 bits per heavy atom. The number of nitrogens with one attached hydrogen (secondary N) is 1. The third kappa shape index (κ3) is 3.88. The molecule has 1 aromatic carbocycles. The van der Waals surface area contributed by atoms with E-state index in [1.807, 2.05) is 30.3 Å². The maximum Gasteiger partial charge on any atom is 0.229 e. The van der Waals surface area contributed by atoms with E-state index in [0.717, 1.165) is 16.0 Å². The third-order valence-corrected chi connectivity index (χ3v) is 4.58. The van der Waals surface area contributed by atoms with Gasteiger partial charge in [-0.05, 0) is 41.5 Å². The summed E-state index contributed by atoms with van der Waals surface area (Å²) in [5.74, 6) is -0.123. The van der Waals surface area contributed by atoms with E-state index in [1.54, 1.807) is 24.5 Å². The average Bonchev–Trinajstić information content (AvgIpc) is 2.89. The Morgan fingerprint density at radius 1 is 1.22 bits per heavy atom. The largest absolute Gasteiger partial charge is 0.396 e. The highest BCUT2D eigenvalue weighted by atomic mass is 35.5. The van der Waals surface area contributed by atoms with Gasteiger partial charge in [-0.25, -0.2) is 0 Å². The van der Waals surface area contributed by atoms with Gasteiger partial charge in [0, 0.05) is 22.3 Å². The molecule has 2 aromatic heterocycles. The highest BCUT2D eigenvalue weighted by molar-refractivity contribution is 7.20. The van der Waals surface area contributed by atoms with Crippen LogP contribution in [0.3, 0.4) is 0 Å². The lowest BCUT2D eigenvalue weighted by molar-refractivity contribution is -0.115. The summed E-state index contributed by atoms with van der Waals surface area (Å²) < 4.78 is 0. The minimum absolute atomic E-state index is 0.123. The summed E-state index contributed by atoms with van der Waals surface area (Å²) in [6.07, 6.45) is 3.70. The number of benzene rings is 1. The molecule has 0 aliphatic carbocycles. The van der Waals surface area contributed by atoms with Crippen LogP contribution in [0.15, 0.2) is 54.9 Å². The molecule has 0 saturated carbocycles. The van der Waals surface area contributed by atoms with Crippen molar-refractivity contribution in [2.45, 2.75) is 6.42 Å². The molecule has 0 atom stereocenters. The zero-order valence-electron chi connectivity index (χ0n) is 12.1. The summed E-state index contributed by atoms with van der Waals surface area (Å²) in [5.41, 5.74) is 8.44. The molecule has 3 rings (SSSR count). The van der Waals surface area contributed by atoms with Gasteiger partial charge in [0.15, 0.2) is 0 Å². The van der Waals surface area contributed by atoms with Crippen LogP contribution in [0.5, 0.6) is 0 Å². The normalized spacial score (nSPS) is 10.5. The maximum atomic E-state index is 12.2. The molecule has 3 aromatic rings. The minimum Gasteiger partial charge on any atom is -0.396 e. The van der Waals surface area contributed by atoms with Crippen molar-refractivity contribution in [3.05, 3.63) is 65.4 Å². The number of thiophene rings is 1. The summed E-state index contributed by atoms with van der Waals surface area (Å²) in [7, 11) is 0. The Bertz CT molecular complexity index is 833. The topological polar surface area (TPSA) is 68.0 Å². The molecule has 1 amide bonds. The molecule has 6 heteroatoms. The van der Waals surface area contributed by atoms with Gasteiger partial charge in [0.2, 0.25) is 5.91 Å². The van der Waals surface area contributed by atoms with Crippen molar-refractivity contribution in [1.29, 1.82) is 0 Å². The predicted octanol–water partition coefficient (Wildman–Crippen LogP) is 4.23. The number of rotatable bonds is 4. The Morgan fingerprint density at radius 2 is 2.00 bits per heavy atom. The SMILES string of the molecule is Nc1cc(-c2ccncc2)sc1NC(=O)Cc1cccc(Cl)c1. The number of carbonyl (C=O) groups excluding carboxylic acids is 1. The zero-order chi connectivity index (χ0) is 16.2. The third-order valence-electron chi connectivity index (χ3n) is 3.23. The molecule has 0 fully saturated rings. The van der Waals surface area contributed by atoms with Gasteiger partial charge in [0.05, 0.1) is 12.1 Å². The second-order valence-electron chi connectivity index (χ2n) is 4.99. The number of pyridine rings is 1. The summed E-state index contributed by atoms with van der Waals surface area (Å²) >= 11 is 7.37. The summed E-state index contributed by atoms with van der Waals surface area (Å²) in [5, 5.41) is 4.14. The first-order chi connectivity index (χ1) is 11.1. The van der Waals surface area contributed by atoms with E-state index in [2.05, 4.69) is 10.3 Å². The average molecular weight is 344 g/mol. The summed E-state index contributed by atoms with van der Waals surface area (Å²) in [6.45, 7) is 0. The second kappa shape index (κ2) is 6.81. The molecule has 0 unspecified atom stereocenters.